The number of anilines is 2. The molecule has 0 bridgehead atoms. The van der Waals surface area contributed by atoms with E-state index in [0.717, 1.165) is 10.4 Å². The van der Waals surface area contributed by atoms with Crippen LogP contribution in [0.2, 0.25) is 0 Å². The topological polar surface area (TPSA) is 111 Å². The molecule has 4 aromatic rings. The molecular weight excluding hydrogens is 366 g/mol. The summed E-state index contributed by atoms with van der Waals surface area (Å²) in [5.41, 5.74) is 2.25. The molecule has 1 atom stereocenters. The fourth-order valence-electron chi connectivity index (χ4n) is 3.32. The Bertz CT molecular complexity index is 1180. The van der Waals surface area contributed by atoms with Crippen LogP contribution in [0, 0.1) is 0 Å². The van der Waals surface area contributed by atoms with Crippen molar-refractivity contribution in [2.75, 3.05) is 12.4 Å². The molecule has 1 aliphatic rings. The highest BCUT2D eigenvalue weighted by molar-refractivity contribution is 7.13. The van der Waals surface area contributed by atoms with Crippen LogP contribution in [-0.4, -0.2) is 37.5 Å². The number of para-hydroxylation sites is 1. The maximum Gasteiger partial charge on any atom is 0.288 e. The predicted octanol–water partition coefficient (Wildman–Crippen LogP) is 2.19. The Labute approximate surface area is 156 Å². The van der Waals surface area contributed by atoms with E-state index < -0.39 is 6.04 Å². The molecule has 27 heavy (non-hydrogen) atoms. The van der Waals surface area contributed by atoms with Crippen molar-refractivity contribution in [2.45, 2.75) is 6.04 Å². The molecule has 0 spiro atoms. The molecule has 0 saturated carbocycles. The number of methoxy groups -OCH3 is 1. The summed E-state index contributed by atoms with van der Waals surface area (Å²) >= 11 is 1.54. The largest absolute Gasteiger partial charge is 0.496 e. The summed E-state index contributed by atoms with van der Waals surface area (Å²) in [5, 5.41) is 23.8. The first kappa shape index (κ1) is 15.7. The number of rotatable bonds is 3. The molecule has 10 heteroatoms. The highest BCUT2D eigenvalue weighted by Crippen LogP contribution is 2.44. The Kier molecular flexibility index (Phi) is 3.50. The maximum absolute atomic E-state index is 12.6. The molecule has 0 unspecified atom stereocenters. The molecule has 0 fully saturated rings. The van der Waals surface area contributed by atoms with Gasteiger partial charge >= 0.3 is 0 Å². The van der Waals surface area contributed by atoms with Crippen LogP contribution in [0.3, 0.4) is 0 Å². The molecule has 1 aromatic carbocycles. The molecular formula is C17H13N7O2S. The molecule has 134 valence electrons. The second-order valence-electron chi connectivity index (χ2n) is 5.88. The minimum absolute atomic E-state index is 0.334. The van der Waals surface area contributed by atoms with Crippen LogP contribution in [0.25, 0.3) is 10.6 Å². The lowest BCUT2D eigenvalue weighted by atomic mass is 9.94. The quantitative estimate of drug-likeness (QED) is 0.494. The molecule has 1 aliphatic heterocycles. The highest BCUT2D eigenvalue weighted by Gasteiger charge is 2.35. The predicted molar refractivity (Wildman–Crippen MR) is 99.5 cm³/mol. The van der Waals surface area contributed by atoms with Gasteiger partial charge in [-0.1, -0.05) is 29.4 Å². The lowest BCUT2D eigenvalue weighted by Crippen LogP contribution is -2.29. The van der Waals surface area contributed by atoms with Gasteiger partial charge in [-0.25, -0.2) is 5.10 Å². The SMILES string of the molecule is COc1ccccc1[C@H]1c2c(-c3cccs3)n[nH]c(=O)c2Nc2nnnn21. The van der Waals surface area contributed by atoms with Crippen molar-refractivity contribution >= 4 is 23.0 Å². The normalized spacial score (nSPS) is 14.9. The van der Waals surface area contributed by atoms with Gasteiger partial charge in [0.15, 0.2) is 0 Å². The van der Waals surface area contributed by atoms with Gasteiger partial charge in [-0.15, -0.1) is 11.3 Å². The van der Waals surface area contributed by atoms with E-state index in [1.165, 1.54) is 0 Å². The fraction of sp³-hybridized carbons (Fsp3) is 0.118. The number of tetrazole rings is 1. The van der Waals surface area contributed by atoms with Crippen molar-refractivity contribution in [3.8, 4) is 16.3 Å². The summed E-state index contributed by atoms with van der Waals surface area (Å²) < 4.78 is 7.20. The Morgan fingerprint density at radius 3 is 2.93 bits per heavy atom. The summed E-state index contributed by atoms with van der Waals surface area (Å²) in [4.78, 5) is 13.5. The van der Waals surface area contributed by atoms with Crippen molar-refractivity contribution in [1.82, 2.24) is 30.4 Å². The number of aromatic nitrogens is 6. The fourth-order valence-corrected chi connectivity index (χ4v) is 4.05. The number of hydrogen-bond donors (Lipinski definition) is 2. The Balaban J connectivity index is 1.86. The Morgan fingerprint density at radius 1 is 1.22 bits per heavy atom. The van der Waals surface area contributed by atoms with E-state index in [4.69, 9.17) is 4.74 Å². The molecule has 0 saturated heterocycles. The van der Waals surface area contributed by atoms with Gasteiger partial charge < -0.3 is 10.1 Å². The van der Waals surface area contributed by atoms with Crippen LogP contribution >= 0.6 is 11.3 Å². The molecule has 9 nitrogen and oxygen atoms in total. The first-order valence-electron chi connectivity index (χ1n) is 8.12. The lowest BCUT2D eigenvalue weighted by Gasteiger charge is -2.28. The van der Waals surface area contributed by atoms with Crippen molar-refractivity contribution in [3.05, 3.63) is 63.3 Å². The molecule has 0 amide bonds. The molecule has 0 aliphatic carbocycles. The zero-order chi connectivity index (χ0) is 18.4. The number of aromatic amines is 1. The number of H-pyrrole nitrogens is 1. The number of hydrogen-bond acceptors (Lipinski definition) is 8. The third kappa shape index (κ3) is 2.34. The van der Waals surface area contributed by atoms with Gasteiger partial charge in [0.05, 0.1) is 12.0 Å². The van der Waals surface area contributed by atoms with E-state index in [0.29, 0.717) is 28.6 Å². The van der Waals surface area contributed by atoms with E-state index in [2.05, 4.69) is 31.0 Å². The van der Waals surface area contributed by atoms with E-state index in [1.54, 1.807) is 23.1 Å². The number of thiophene rings is 1. The van der Waals surface area contributed by atoms with Crippen LogP contribution in [0.15, 0.2) is 46.6 Å². The molecule has 3 aromatic heterocycles. The van der Waals surface area contributed by atoms with Gasteiger partial charge in [0.1, 0.15) is 23.2 Å². The molecule has 5 rings (SSSR count). The first-order valence-corrected chi connectivity index (χ1v) is 9.00. The van der Waals surface area contributed by atoms with Gasteiger partial charge in [-0.2, -0.15) is 9.78 Å². The second-order valence-corrected chi connectivity index (χ2v) is 6.83. The number of nitrogens with zero attached hydrogens (tertiary/aromatic N) is 5. The minimum atomic E-state index is -0.464. The van der Waals surface area contributed by atoms with Crippen molar-refractivity contribution < 1.29 is 4.74 Å². The van der Waals surface area contributed by atoms with Gasteiger partial charge in [0.25, 0.3) is 5.56 Å². The van der Waals surface area contributed by atoms with Crippen molar-refractivity contribution in [2.24, 2.45) is 0 Å². The molecule has 0 radical (unpaired) electrons. The summed E-state index contributed by atoms with van der Waals surface area (Å²) in [6.07, 6.45) is 0. The third-order valence-corrected chi connectivity index (χ3v) is 5.33. The first-order chi connectivity index (χ1) is 13.3. The molecule has 4 heterocycles. The summed E-state index contributed by atoms with van der Waals surface area (Å²) in [5.74, 6) is 1.06. The second kappa shape index (κ2) is 6.02. The summed E-state index contributed by atoms with van der Waals surface area (Å²) in [6.45, 7) is 0. The summed E-state index contributed by atoms with van der Waals surface area (Å²) in [7, 11) is 1.61. The van der Waals surface area contributed by atoms with Crippen LogP contribution < -0.4 is 15.6 Å². The monoisotopic (exact) mass is 379 g/mol. The zero-order valence-electron chi connectivity index (χ0n) is 14.1. The zero-order valence-corrected chi connectivity index (χ0v) is 14.9. The van der Waals surface area contributed by atoms with Crippen LogP contribution in [-0.2, 0) is 0 Å². The van der Waals surface area contributed by atoms with E-state index in [-0.39, 0.29) is 5.56 Å². The van der Waals surface area contributed by atoms with Crippen LogP contribution in [0.1, 0.15) is 17.2 Å². The van der Waals surface area contributed by atoms with Crippen LogP contribution in [0.5, 0.6) is 5.75 Å². The van der Waals surface area contributed by atoms with Gasteiger partial charge in [-0.05, 0) is 27.9 Å². The smallest absolute Gasteiger partial charge is 0.288 e. The van der Waals surface area contributed by atoms with Crippen molar-refractivity contribution in [3.63, 3.8) is 0 Å². The number of nitrogens with one attached hydrogen (secondary N) is 2. The Morgan fingerprint density at radius 2 is 2.11 bits per heavy atom. The molecule has 2 N–H and O–H groups in total. The van der Waals surface area contributed by atoms with Gasteiger partial charge in [0, 0.05) is 11.1 Å². The highest BCUT2D eigenvalue weighted by atomic mass is 32.1. The third-order valence-electron chi connectivity index (χ3n) is 4.46. The number of benzene rings is 1. The number of ether oxygens (including phenoxy) is 1. The average Bonchev–Trinajstić information content (AvgIpc) is 3.39. The van der Waals surface area contributed by atoms with Gasteiger partial charge in [-0.3, -0.25) is 4.79 Å². The van der Waals surface area contributed by atoms with Crippen molar-refractivity contribution in [1.29, 1.82) is 0 Å². The average molecular weight is 379 g/mol. The maximum atomic E-state index is 12.6. The minimum Gasteiger partial charge on any atom is -0.496 e. The van der Waals surface area contributed by atoms with E-state index in [9.17, 15) is 4.79 Å². The van der Waals surface area contributed by atoms with E-state index >= 15 is 0 Å². The standard InChI is InChI=1S/C17H13N7O2S/c1-26-10-6-3-2-5-9(10)15-12-13(11-7-4-8-27-11)19-20-16(25)14(12)18-17-21-22-23-24(15)17/h2-8,15H,1H3,(H,20,25)(H,18,21,23)/t15-/m0/s1. The van der Waals surface area contributed by atoms with Gasteiger partial charge in [0.2, 0.25) is 5.95 Å². The lowest BCUT2D eigenvalue weighted by molar-refractivity contribution is 0.402. The summed E-state index contributed by atoms with van der Waals surface area (Å²) in [6, 6.07) is 11.0. The Hall–Kier alpha value is -3.53. The van der Waals surface area contributed by atoms with Crippen LogP contribution in [0.4, 0.5) is 11.6 Å². The van der Waals surface area contributed by atoms with E-state index in [1.807, 2.05) is 41.8 Å². The number of fused-ring (bicyclic) bond motifs is 2.